The van der Waals surface area contributed by atoms with Crippen LogP contribution in [0.3, 0.4) is 0 Å². The SMILES string of the molecule is CCN1CCC[C@H]1Cn1cc(CO)nn1. The molecule has 0 amide bonds. The second kappa shape index (κ2) is 4.72. The van der Waals surface area contributed by atoms with E-state index in [1.165, 1.54) is 19.4 Å². The minimum atomic E-state index is -0.0256. The third-order valence-electron chi connectivity index (χ3n) is 3.05. The third kappa shape index (κ3) is 2.35. The molecule has 0 aromatic carbocycles. The molecule has 0 aliphatic carbocycles. The molecule has 5 heteroatoms. The molecule has 1 saturated heterocycles. The summed E-state index contributed by atoms with van der Waals surface area (Å²) in [6.45, 7) is 5.36. The van der Waals surface area contributed by atoms with Gasteiger partial charge in [0.05, 0.1) is 19.3 Å². The van der Waals surface area contributed by atoms with Gasteiger partial charge in [0.25, 0.3) is 0 Å². The number of likely N-dealkylation sites (N-methyl/N-ethyl adjacent to an activating group) is 1. The smallest absolute Gasteiger partial charge is 0.108 e. The molecule has 0 bridgehead atoms. The van der Waals surface area contributed by atoms with Gasteiger partial charge in [-0.15, -0.1) is 5.10 Å². The van der Waals surface area contributed by atoms with Crippen LogP contribution >= 0.6 is 0 Å². The van der Waals surface area contributed by atoms with Gasteiger partial charge in [-0.1, -0.05) is 12.1 Å². The fraction of sp³-hybridized carbons (Fsp3) is 0.800. The molecule has 84 valence electrons. The van der Waals surface area contributed by atoms with E-state index in [0.717, 1.165) is 13.1 Å². The highest BCUT2D eigenvalue weighted by molar-refractivity contribution is 4.90. The van der Waals surface area contributed by atoms with Gasteiger partial charge in [-0.25, -0.2) is 0 Å². The lowest BCUT2D eigenvalue weighted by Crippen LogP contribution is -2.32. The maximum absolute atomic E-state index is 8.88. The highest BCUT2D eigenvalue weighted by atomic mass is 16.3. The molecule has 2 rings (SSSR count). The van der Waals surface area contributed by atoms with Gasteiger partial charge in [-0.3, -0.25) is 9.58 Å². The Labute approximate surface area is 89.7 Å². The van der Waals surface area contributed by atoms with Crippen molar-refractivity contribution in [3.63, 3.8) is 0 Å². The fourth-order valence-corrected chi connectivity index (χ4v) is 2.23. The van der Waals surface area contributed by atoms with Gasteiger partial charge in [0.2, 0.25) is 0 Å². The molecule has 1 aliphatic heterocycles. The number of hydrogen-bond donors (Lipinski definition) is 1. The molecule has 1 N–H and O–H groups in total. The minimum Gasteiger partial charge on any atom is -0.390 e. The van der Waals surface area contributed by atoms with E-state index in [-0.39, 0.29) is 6.61 Å². The van der Waals surface area contributed by atoms with Crippen LogP contribution in [0.15, 0.2) is 6.20 Å². The van der Waals surface area contributed by atoms with E-state index >= 15 is 0 Å². The highest BCUT2D eigenvalue weighted by Gasteiger charge is 2.23. The molecule has 1 aromatic heterocycles. The largest absolute Gasteiger partial charge is 0.390 e. The second-order valence-corrected chi connectivity index (χ2v) is 4.01. The van der Waals surface area contributed by atoms with E-state index in [0.29, 0.717) is 11.7 Å². The monoisotopic (exact) mass is 210 g/mol. The summed E-state index contributed by atoms with van der Waals surface area (Å²) >= 11 is 0. The lowest BCUT2D eigenvalue weighted by atomic mass is 10.2. The summed E-state index contributed by atoms with van der Waals surface area (Å²) < 4.78 is 1.84. The lowest BCUT2D eigenvalue weighted by Gasteiger charge is -2.22. The van der Waals surface area contributed by atoms with E-state index in [1.54, 1.807) is 0 Å². The Morgan fingerprint density at radius 3 is 3.13 bits per heavy atom. The molecule has 5 nitrogen and oxygen atoms in total. The molecular weight excluding hydrogens is 192 g/mol. The Morgan fingerprint density at radius 1 is 1.60 bits per heavy atom. The first-order valence-corrected chi connectivity index (χ1v) is 5.57. The van der Waals surface area contributed by atoms with Gasteiger partial charge in [0.1, 0.15) is 5.69 Å². The molecule has 0 saturated carbocycles. The topological polar surface area (TPSA) is 54.2 Å². The quantitative estimate of drug-likeness (QED) is 0.774. The third-order valence-corrected chi connectivity index (χ3v) is 3.05. The normalized spacial score (nSPS) is 22.4. The molecule has 2 heterocycles. The van der Waals surface area contributed by atoms with Crippen molar-refractivity contribution in [3.05, 3.63) is 11.9 Å². The fourth-order valence-electron chi connectivity index (χ4n) is 2.23. The summed E-state index contributed by atoms with van der Waals surface area (Å²) in [6.07, 6.45) is 4.34. The van der Waals surface area contributed by atoms with Crippen LogP contribution in [0, 0.1) is 0 Å². The lowest BCUT2D eigenvalue weighted by molar-refractivity contribution is 0.237. The molecule has 15 heavy (non-hydrogen) atoms. The summed E-state index contributed by atoms with van der Waals surface area (Å²) in [6, 6.07) is 0.586. The number of aliphatic hydroxyl groups is 1. The Bertz CT molecular complexity index is 312. The summed E-state index contributed by atoms with van der Waals surface area (Å²) in [5.74, 6) is 0. The first-order valence-electron chi connectivity index (χ1n) is 5.57. The molecule has 1 fully saturated rings. The maximum Gasteiger partial charge on any atom is 0.108 e. The van der Waals surface area contributed by atoms with E-state index in [4.69, 9.17) is 5.11 Å². The molecule has 0 radical (unpaired) electrons. The van der Waals surface area contributed by atoms with Gasteiger partial charge in [-0.2, -0.15) is 0 Å². The van der Waals surface area contributed by atoms with E-state index < -0.39 is 0 Å². The van der Waals surface area contributed by atoms with Crippen LogP contribution in [-0.4, -0.2) is 44.1 Å². The predicted molar refractivity (Wildman–Crippen MR) is 56.2 cm³/mol. The number of likely N-dealkylation sites (tertiary alicyclic amines) is 1. The Balaban J connectivity index is 1.95. The summed E-state index contributed by atoms with van der Waals surface area (Å²) in [5, 5.41) is 16.8. The van der Waals surface area contributed by atoms with Crippen molar-refractivity contribution in [2.24, 2.45) is 0 Å². The van der Waals surface area contributed by atoms with Gasteiger partial charge >= 0.3 is 0 Å². The van der Waals surface area contributed by atoms with Crippen molar-refractivity contribution in [2.75, 3.05) is 13.1 Å². The second-order valence-electron chi connectivity index (χ2n) is 4.01. The van der Waals surface area contributed by atoms with Crippen LogP contribution in [0.4, 0.5) is 0 Å². The first-order chi connectivity index (χ1) is 7.33. The molecule has 1 aliphatic rings. The number of rotatable bonds is 4. The van der Waals surface area contributed by atoms with Crippen molar-refractivity contribution in [1.82, 2.24) is 19.9 Å². The molecule has 0 unspecified atom stereocenters. The van der Waals surface area contributed by atoms with Gasteiger partial charge < -0.3 is 5.11 Å². The van der Waals surface area contributed by atoms with E-state index in [1.807, 2.05) is 10.9 Å². The Kier molecular flexibility index (Phi) is 3.33. The average molecular weight is 210 g/mol. The maximum atomic E-state index is 8.88. The minimum absolute atomic E-state index is 0.0256. The van der Waals surface area contributed by atoms with Crippen LogP contribution in [0.25, 0.3) is 0 Å². The van der Waals surface area contributed by atoms with E-state index in [2.05, 4.69) is 22.1 Å². The van der Waals surface area contributed by atoms with Crippen molar-refractivity contribution in [2.45, 2.75) is 39.0 Å². The van der Waals surface area contributed by atoms with Crippen molar-refractivity contribution >= 4 is 0 Å². The summed E-state index contributed by atoms with van der Waals surface area (Å²) in [7, 11) is 0. The van der Waals surface area contributed by atoms with Crippen LogP contribution < -0.4 is 0 Å². The summed E-state index contributed by atoms with van der Waals surface area (Å²) in [5.41, 5.74) is 0.649. The van der Waals surface area contributed by atoms with Crippen LogP contribution in [0.2, 0.25) is 0 Å². The highest BCUT2D eigenvalue weighted by Crippen LogP contribution is 2.17. The molecule has 0 spiro atoms. The van der Waals surface area contributed by atoms with Gasteiger partial charge in [-0.05, 0) is 25.9 Å². The van der Waals surface area contributed by atoms with Crippen molar-refractivity contribution in [3.8, 4) is 0 Å². The zero-order valence-electron chi connectivity index (χ0n) is 9.13. The molecule has 1 atom stereocenters. The van der Waals surface area contributed by atoms with Crippen LogP contribution in [-0.2, 0) is 13.2 Å². The summed E-state index contributed by atoms with van der Waals surface area (Å²) in [4.78, 5) is 2.47. The Hall–Kier alpha value is -0.940. The predicted octanol–water partition coefficient (Wildman–Crippen LogP) is 0.255. The number of nitrogens with zero attached hydrogens (tertiary/aromatic N) is 4. The van der Waals surface area contributed by atoms with Crippen LogP contribution in [0.1, 0.15) is 25.5 Å². The van der Waals surface area contributed by atoms with Crippen molar-refractivity contribution in [1.29, 1.82) is 0 Å². The standard InChI is InChI=1S/C10H18N4O/c1-2-13-5-3-4-10(13)7-14-6-9(8-15)11-12-14/h6,10,15H,2-5,7-8H2,1H3/t10-/m0/s1. The number of aromatic nitrogens is 3. The van der Waals surface area contributed by atoms with Crippen molar-refractivity contribution < 1.29 is 5.11 Å². The average Bonchev–Trinajstić information content (AvgIpc) is 2.87. The molecule has 1 aromatic rings. The number of aliphatic hydroxyl groups excluding tert-OH is 1. The van der Waals surface area contributed by atoms with E-state index in [9.17, 15) is 0 Å². The zero-order valence-corrected chi connectivity index (χ0v) is 9.13. The van der Waals surface area contributed by atoms with Gasteiger partial charge in [0.15, 0.2) is 0 Å². The van der Waals surface area contributed by atoms with Crippen LogP contribution in [0.5, 0.6) is 0 Å². The first kappa shape index (κ1) is 10.6. The molecular formula is C10H18N4O. The number of hydrogen-bond acceptors (Lipinski definition) is 4. The Morgan fingerprint density at radius 2 is 2.47 bits per heavy atom. The van der Waals surface area contributed by atoms with Gasteiger partial charge in [0, 0.05) is 6.04 Å². The zero-order chi connectivity index (χ0) is 10.7.